The number of fused-ring (bicyclic) bond motifs is 1. The van der Waals surface area contributed by atoms with Gasteiger partial charge in [-0.2, -0.15) is 0 Å². The van der Waals surface area contributed by atoms with Crippen LogP contribution in [-0.2, 0) is 17.8 Å². The van der Waals surface area contributed by atoms with E-state index in [1.54, 1.807) is 17.4 Å². The van der Waals surface area contributed by atoms with Crippen LogP contribution >= 0.6 is 0 Å². The SMILES string of the molecule is CC(C)(C)OC(=O)N1Cc2cncn2CC(CN)C1. The summed E-state index contributed by atoms with van der Waals surface area (Å²) in [6, 6.07) is 0. The Morgan fingerprint density at radius 2 is 2.26 bits per heavy atom. The fraction of sp³-hybridized carbons (Fsp3) is 0.692. The molecule has 1 atom stereocenters. The Hall–Kier alpha value is -1.56. The monoisotopic (exact) mass is 266 g/mol. The van der Waals surface area contributed by atoms with Crippen LogP contribution in [0.1, 0.15) is 26.5 Å². The van der Waals surface area contributed by atoms with E-state index in [9.17, 15) is 4.79 Å². The molecule has 0 saturated carbocycles. The van der Waals surface area contributed by atoms with Gasteiger partial charge < -0.3 is 19.9 Å². The minimum Gasteiger partial charge on any atom is -0.444 e. The quantitative estimate of drug-likeness (QED) is 0.829. The molecule has 0 spiro atoms. The van der Waals surface area contributed by atoms with E-state index in [0.717, 1.165) is 12.2 Å². The molecule has 1 aromatic heterocycles. The third-order valence-corrected chi connectivity index (χ3v) is 3.07. The van der Waals surface area contributed by atoms with Gasteiger partial charge in [0.2, 0.25) is 0 Å². The molecule has 6 nitrogen and oxygen atoms in total. The second kappa shape index (κ2) is 5.21. The van der Waals surface area contributed by atoms with Crippen LogP contribution in [0.4, 0.5) is 4.79 Å². The van der Waals surface area contributed by atoms with Crippen molar-refractivity contribution >= 4 is 6.09 Å². The fourth-order valence-electron chi connectivity index (χ4n) is 2.17. The molecule has 2 rings (SSSR count). The first kappa shape index (κ1) is 13.9. The first-order chi connectivity index (χ1) is 8.89. The van der Waals surface area contributed by atoms with E-state index in [1.807, 2.05) is 20.8 Å². The molecule has 6 heteroatoms. The van der Waals surface area contributed by atoms with Crippen molar-refractivity contribution in [1.29, 1.82) is 0 Å². The third kappa shape index (κ3) is 3.47. The largest absolute Gasteiger partial charge is 0.444 e. The summed E-state index contributed by atoms with van der Waals surface area (Å²) in [7, 11) is 0. The van der Waals surface area contributed by atoms with Gasteiger partial charge >= 0.3 is 6.09 Å². The van der Waals surface area contributed by atoms with E-state index < -0.39 is 5.60 Å². The summed E-state index contributed by atoms with van der Waals surface area (Å²) < 4.78 is 7.49. The zero-order chi connectivity index (χ0) is 14.0. The van der Waals surface area contributed by atoms with Gasteiger partial charge in [-0.3, -0.25) is 0 Å². The smallest absolute Gasteiger partial charge is 0.410 e. The number of imidazole rings is 1. The number of rotatable bonds is 1. The minimum atomic E-state index is -0.484. The fourth-order valence-corrected chi connectivity index (χ4v) is 2.17. The Balaban J connectivity index is 2.15. The average molecular weight is 266 g/mol. The van der Waals surface area contributed by atoms with Crippen LogP contribution in [-0.4, -0.2) is 39.2 Å². The molecule has 0 radical (unpaired) electrons. The zero-order valence-corrected chi connectivity index (χ0v) is 11.8. The molecule has 0 aromatic carbocycles. The molecule has 0 bridgehead atoms. The maximum Gasteiger partial charge on any atom is 0.410 e. The van der Waals surface area contributed by atoms with E-state index in [1.165, 1.54) is 0 Å². The summed E-state index contributed by atoms with van der Waals surface area (Å²) >= 11 is 0. The molecular formula is C13H22N4O2. The van der Waals surface area contributed by atoms with Crippen LogP contribution in [0.2, 0.25) is 0 Å². The third-order valence-electron chi connectivity index (χ3n) is 3.07. The van der Waals surface area contributed by atoms with Crippen LogP contribution in [0, 0.1) is 5.92 Å². The molecule has 0 aliphatic carbocycles. The molecule has 2 heterocycles. The lowest BCUT2D eigenvalue weighted by molar-refractivity contribution is 0.0212. The molecule has 0 fully saturated rings. The Bertz CT molecular complexity index is 450. The van der Waals surface area contributed by atoms with Crippen molar-refractivity contribution in [1.82, 2.24) is 14.5 Å². The Morgan fingerprint density at radius 3 is 2.89 bits per heavy atom. The molecule has 1 aromatic rings. The number of hydrogen-bond acceptors (Lipinski definition) is 4. The predicted molar refractivity (Wildman–Crippen MR) is 71.4 cm³/mol. The first-order valence-corrected chi connectivity index (χ1v) is 6.56. The topological polar surface area (TPSA) is 73.4 Å². The molecule has 1 aliphatic rings. The predicted octanol–water partition coefficient (Wildman–Crippen LogP) is 1.21. The number of carbonyl (C=O) groups is 1. The van der Waals surface area contributed by atoms with E-state index >= 15 is 0 Å². The summed E-state index contributed by atoms with van der Waals surface area (Å²) in [5, 5.41) is 0. The highest BCUT2D eigenvalue weighted by Crippen LogP contribution is 2.18. The van der Waals surface area contributed by atoms with Crippen molar-refractivity contribution in [2.24, 2.45) is 11.7 Å². The number of hydrogen-bond donors (Lipinski definition) is 1. The van der Waals surface area contributed by atoms with Crippen LogP contribution in [0.5, 0.6) is 0 Å². The Kier molecular flexibility index (Phi) is 3.80. The number of amides is 1. The van der Waals surface area contributed by atoms with Crippen LogP contribution in [0.25, 0.3) is 0 Å². The van der Waals surface area contributed by atoms with Gasteiger partial charge in [0, 0.05) is 25.2 Å². The van der Waals surface area contributed by atoms with Gasteiger partial charge in [0.15, 0.2) is 0 Å². The summed E-state index contributed by atoms with van der Waals surface area (Å²) in [5.74, 6) is 0.225. The number of nitrogens with zero attached hydrogens (tertiary/aromatic N) is 3. The van der Waals surface area contributed by atoms with Gasteiger partial charge in [0.05, 0.1) is 18.6 Å². The lowest BCUT2D eigenvalue weighted by atomic mass is 10.1. The minimum absolute atomic E-state index is 0.225. The van der Waals surface area contributed by atoms with Crippen molar-refractivity contribution in [2.45, 2.75) is 39.5 Å². The number of nitrogens with two attached hydrogens (primary N) is 1. The average Bonchev–Trinajstić information content (AvgIpc) is 2.64. The zero-order valence-electron chi connectivity index (χ0n) is 11.8. The normalized spacial score (nSPS) is 19.8. The second-order valence-corrected chi connectivity index (χ2v) is 6.00. The maximum atomic E-state index is 12.2. The van der Waals surface area contributed by atoms with Crippen molar-refractivity contribution < 1.29 is 9.53 Å². The van der Waals surface area contributed by atoms with Crippen LogP contribution in [0.3, 0.4) is 0 Å². The molecule has 0 saturated heterocycles. The molecule has 1 amide bonds. The highest BCUT2D eigenvalue weighted by atomic mass is 16.6. The van der Waals surface area contributed by atoms with E-state index in [-0.39, 0.29) is 12.0 Å². The maximum absolute atomic E-state index is 12.2. The number of ether oxygens (including phenoxy) is 1. The van der Waals surface area contributed by atoms with Gasteiger partial charge in [-0.1, -0.05) is 0 Å². The first-order valence-electron chi connectivity index (χ1n) is 6.56. The highest BCUT2D eigenvalue weighted by molar-refractivity contribution is 5.68. The summed E-state index contributed by atoms with van der Waals surface area (Å²) in [4.78, 5) is 18.0. The van der Waals surface area contributed by atoms with Gasteiger partial charge in [0.25, 0.3) is 0 Å². The lowest BCUT2D eigenvalue weighted by Crippen LogP contribution is -2.39. The summed E-state index contributed by atoms with van der Waals surface area (Å²) in [5.41, 5.74) is 6.31. The highest BCUT2D eigenvalue weighted by Gasteiger charge is 2.28. The molecule has 19 heavy (non-hydrogen) atoms. The standard InChI is InChI=1S/C13H22N4O2/c1-13(2,3)19-12(18)16-6-10(4-14)7-17-9-15-5-11(17)8-16/h5,9-10H,4,6-8,14H2,1-3H3. The summed E-state index contributed by atoms with van der Waals surface area (Å²) in [6.07, 6.45) is 3.29. The molecular weight excluding hydrogens is 244 g/mol. The van der Waals surface area contributed by atoms with E-state index in [4.69, 9.17) is 10.5 Å². The van der Waals surface area contributed by atoms with Gasteiger partial charge in [-0.15, -0.1) is 0 Å². The summed E-state index contributed by atoms with van der Waals surface area (Å²) in [6.45, 7) is 8.08. The lowest BCUT2D eigenvalue weighted by Gasteiger charge is -2.27. The van der Waals surface area contributed by atoms with Crippen LogP contribution < -0.4 is 5.73 Å². The number of aromatic nitrogens is 2. The van der Waals surface area contributed by atoms with E-state index in [0.29, 0.717) is 19.6 Å². The van der Waals surface area contributed by atoms with Gasteiger partial charge in [-0.05, 0) is 27.3 Å². The van der Waals surface area contributed by atoms with Crippen molar-refractivity contribution in [3.8, 4) is 0 Å². The van der Waals surface area contributed by atoms with Crippen molar-refractivity contribution in [3.05, 3.63) is 18.2 Å². The molecule has 1 aliphatic heterocycles. The van der Waals surface area contributed by atoms with Crippen molar-refractivity contribution in [2.75, 3.05) is 13.1 Å². The van der Waals surface area contributed by atoms with Crippen LogP contribution in [0.15, 0.2) is 12.5 Å². The molecule has 106 valence electrons. The Morgan fingerprint density at radius 1 is 1.53 bits per heavy atom. The molecule has 1 unspecified atom stereocenters. The van der Waals surface area contributed by atoms with Gasteiger partial charge in [0.1, 0.15) is 5.60 Å². The van der Waals surface area contributed by atoms with E-state index in [2.05, 4.69) is 9.55 Å². The molecule has 2 N–H and O–H groups in total. The second-order valence-electron chi connectivity index (χ2n) is 6.00. The van der Waals surface area contributed by atoms with Crippen molar-refractivity contribution in [3.63, 3.8) is 0 Å². The number of carbonyl (C=O) groups excluding carboxylic acids is 1. The van der Waals surface area contributed by atoms with Gasteiger partial charge in [-0.25, -0.2) is 9.78 Å². The Labute approximate surface area is 113 Å².